The Balaban J connectivity index is 1.75. The van der Waals surface area contributed by atoms with E-state index in [4.69, 9.17) is 11.6 Å². The molecule has 0 aliphatic rings. The molecule has 9 heteroatoms. The quantitative estimate of drug-likeness (QED) is 0.707. The number of halogens is 1. The molecule has 0 saturated carbocycles. The number of aromatic amines is 1. The first-order chi connectivity index (χ1) is 11.9. The van der Waals surface area contributed by atoms with Crippen molar-refractivity contribution in [2.24, 2.45) is 7.05 Å². The van der Waals surface area contributed by atoms with Crippen LogP contribution in [0.5, 0.6) is 0 Å². The number of H-pyrrole nitrogens is 1. The monoisotopic (exact) mass is 377 g/mol. The zero-order chi connectivity index (χ0) is 18.1. The molecule has 130 valence electrons. The zero-order valence-corrected chi connectivity index (χ0v) is 15.5. The predicted molar refractivity (Wildman–Crippen MR) is 98.7 cm³/mol. The van der Waals surface area contributed by atoms with Crippen molar-refractivity contribution >= 4 is 45.1 Å². The molecule has 1 amide bonds. The SMILES string of the molecule is Cc1nn(C)c(Cl)c1/C=C/C(=O)N(C)Cc1nc2ccsc2c(=O)[nH]1. The first kappa shape index (κ1) is 17.4. The minimum atomic E-state index is -0.229. The van der Waals surface area contributed by atoms with Gasteiger partial charge in [0, 0.05) is 25.7 Å². The molecule has 1 N–H and O–H groups in total. The first-order valence-corrected chi connectivity index (χ1v) is 8.71. The summed E-state index contributed by atoms with van der Waals surface area (Å²) in [6, 6.07) is 1.79. The second-order valence-electron chi connectivity index (χ2n) is 5.59. The largest absolute Gasteiger partial charge is 0.335 e. The first-order valence-electron chi connectivity index (χ1n) is 7.45. The van der Waals surface area contributed by atoms with Gasteiger partial charge in [0.2, 0.25) is 5.91 Å². The molecule has 3 rings (SSSR count). The molecule has 3 aromatic rings. The van der Waals surface area contributed by atoms with E-state index in [1.54, 1.807) is 30.9 Å². The van der Waals surface area contributed by atoms with Crippen molar-refractivity contribution in [3.63, 3.8) is 0 Å². The summed E-state index contributed by atoms with van der Waals surface area (Å²) >= 11 is 7.48. The summed E-state index contributed by atoms with van der Waals surface area (Å²) < 4.78 is 2.13. The van der Waals surface area contributed by atoms with Crippen LogP contribution in [0.15, 0.2) is 22.3 Å². The number of hydrogen-bond acceptors (Lipinski definition) is 5. The highest BCUT2D eigenvalue weighted by Gasteiger charge is 2.12. The van der Waals surface area contributed by atoms with Crippen LogP contribution in [-0.4, -0.2) is 37.6 Å². The fraction of sp³-hybridized carbons (Fsp3) is 0.250. The van der Waals surface area contributed by atoms with Crippen LogP contribution >= 0.6 is 22.9 Å². The Morgan fingerprint density at radius 3 is 2.96 bits per heavy atom. The highest BCUT2D eigenvalue weighted by atomic mass is 35.5. The molecule has 0 aromatic carbocycles. The number of carbonyl (C=O) groups is 1. The van der Waals surface area contributed by atoms with E-state index in [0.717, 1.165) is 5.69 Å². The van der Waals surface area contributed by atoms with Gasteiger partial charge in [0.25, 0.3) is 5.56 Å². The van der Waals surface area contributed by atoms with E-state index in [1.165, 1.54) is 22.3 Å². The Morgan fingerprint density at radius 2 is 2.28 bits per heavy atom. The lowest BCUT2D eigenvalue weighted by Gasteiger charge is -2.14. The third kappa shape index (κ3) is 3.49. The number of nitrogens with one attached hydrogen (secondary N) is 1. The van der Waals surface area contributed by atoms with Gasteiger partial charge >= 0.3 is 0 Å². The number of hydrogen-bond donors (Lipinski definition) is 1. The summed E-state index contributed by atoms with van der Waals surface area (Å²) in [7, 11) is 3.38. The van der Waals surface area contributed by atoms with Crippen LogP contribution in [0, 0.1) is 6.92 Å². The maximum Gasteiger partial charge on any atom is 0.268 e. The highest BCUT2D eigenvalue weighted by Crippen LogP contribution is 2.20. The molecule has 0 bridgehead atoms. The Labute approximate surface area is 152 Å². The van der Waals surface area contributed by atoms with Gasteiger partial charge < -0.3 is 9.88 Å². The van der Waals surface area contributed by atoms with E-state index >= 15 is 0 Å². The predicted octanol–water partition coefficient (Wildman–Crippen LogP) is 2.35. The Morgan fingerprint density at radius 1 is 1.52 bits per heavy atom. The highest BCUT2D eigenvalue weighted by molar-refractivity contribution is 7.17. The van der Waals surface area contributed by atoms with Crippen molar-refractivity contribution in [1.29, 1.82) is 0 Å². The van der Waals surface area contributed by atoms with Crippen molar-refractivity contribution < 1.29 is 4.79 Å². The summed E-state index contributed by atoms with van der Waals surface area (Å²) in [5, 5.41) is 6.48. The average molecular weight is 378 g/mol. The molecule has 0 radical (unpaired) electrons. The number of nitrogens with zero attached hydrogens (tertiary/aromatic N) is 4. The summed E-state index contributed by atoms with van der Waals surface area (Å²) in [5.41, 5.74) is 1.90. The van der Waals surface area contributed by atoms with Crippen LogP contribution in [0.3, 0.4) is 0 Å². The Bertz CT molecular complexity index is 1030. The number of aromatic nitrogens is 4. The molecular weight excluding hydrogens is 362 g/mol. The summed E-state index contributed by atoms with van der Waals surface area (Å²) in [4.78, 5) is 32.8. The van der Waals surface area contributed by atoms with Crippen LogP contribution < -0.4 is 5.56 Å². The molecule has 0 aliphatic carbocycles. The normalized spacial score (nSPS) is 11.5. The maximum absolute atomic E-state index is 12.3. The number of likely N-dealkylation sites (N-methyl/N-ethyl adjacent to an activating group) is 1. The lowest BCUT2D eigenvalue weighted by Crippen LogP contribution is -2.26. The molecule has 0 unspecified atom stereocenters. The standard InChI is InChI=1S/C16H16ClN5O2S/c1-9-10(15(17)22(3)20-9)4-5-13(23)21(2)8-12-18-11-6-7-25-14(11)16(24)19-12/h4-7H,8H2,1-3H3,(H,18,19,24)/b5-4+. The maximum atomic E-state index is 12.3. The van der Waals surface area contributed by atoms with Gasteiger partial charge in [-0.05, 0) is 24.4 Å². The molecule has 0 spiro atoms. The molecule has 0 fully saturated rings. The lowest BCUT2D eigenvalue weighted by atomic mass is 10.2. The van der Waals surface area contributed by atoms with E-state index in [1.807, 2.05) is 12.3 Å². The van der Waals surface area contributed by atoms with Gasteiger partial charge in [0.1, 0.15) is 15.7 Å². The van der Waals surface area contributed by atoms with Gasteiger partial charge in [-0.15, -0.1) is 11.3 Å². The van der Waals surface area contributed by atoms with E-state index in [2.05, 4.69) is 15.1 Å². The fourth-order valence-electron chi connectivity index (χ4n) is 2.42. The van der Waals surface area contributed by atoms with Crippen LogP contribution in [-0.2, 0) is 18.4 Å². The van der Waals surface area contributed by atoms with Crippen molar-refractivity contribution in [1.82, 2.24) is 24.6 Å². The van der Waals surface area contributed by atoms with Crippen LogP contribution in [0.25, 0.3) is 16.3 Å². The van der Waals surface area contributed by atoms with Crippen molar-refractivity contribution in [2.75, 3.05) is 7.05 Å². The molecule has 25 heavy (non-hydrogen) atoms. The Kier molecular flexibility index (Phi) is 4.73. The number of rotatable bonds is 4. The number of fused-ring (bicyclic) bond motifs is 1. The van der Waals surface area contributed by atoms with E-state index in [0.29, 0.717) is 26.8 Å². The van der Waals surface area contributed by atoms with E-state index < -0.39 is 0 Å². The third-order valence-electron chi connectivity index (χ3n) is 3.72. The molecule has 3 heterocycles. The molecule has 0 atom stereocenters. The fourth-order valence-corrected chi connectivity index (χ4v) is 3.38. The molecule has 3 aromatic heterocycles. The molecule has 7 nitrogen and oxygen atoms in total. The lowest BCUT2D eigenvalue weighted by molar-refractivity contribution is -0.125. The zero-order valence-electron chi connectivity index (χ0n) is 13.9. The Hall–Kier alpha value is -2.45. The second kappa shape index (κ2) is 6.81. The van der Waals surface area contributed by atoms with Crippen LogP contribution in [0.1, 0.15) is 17.1 Å². The minimum Gasteiger partial charge on any atom is -0.335 e. The van der Waals surface area contributed by atoms with Gasteiger partial charge in [0.05, 0.1) is 17.8 Å². The summed E-state index contributed by atoms with van der Waals surface area (Å²) in [6.45, 7) is 2.02. The minimum absolute atomic E-state index is 0.191. The van der Waals surface area contributed by atoms with Gasteiger partial charge in [-0.1, -0.05) is 11.6 Å². The summed E-state index contributed by atoms with van der Waals surface area (Å²) in [6.07, 6.45) is 3.07. The van der Waals surface area contributed by atoms with E-state index in [9.17, 15) is 9.59 Å². The van der Waals surface area contributed by atoms with Crippen molar-refractivity contribution in [2.45, 2.75) is 13.5 Å². The number of thiophene rings is 1. The number of aryl methyl sites for hydroxylation is 2. The molecular formula is C16H16ClN5O2S. The van der Waals surface area contributed by atoms with E-state index in [-0.39, 0.29) is 18.0 Å². The topological polar surface area (TPSA) is 83.9 Å². The average Bonchev–Trinajstić information content (AvgIpc) is 3.11. The summed E-state index contributed by atoms with van der Waals surface area (Å²) in [5.74, 6) is 0.211. The van der Waals surface area contributed by atoms with Gasteiger partial charge in [0.15, 0.2) is 0 Å². The smallest absolute Gasteiger partial charge is 0.268 e. The van der Waals surface area contributed by atoms with Crippen molar-refractivity contribution in [3.8, 4) is 0 Å². The number of amides is 1. The van der Waals surface area contributed by atoms with Gasteiger partial charge in [-0.25, -0.2) is 4.98 Å². The van der Waals surface area contributed by atoms with Crippen LogP contribution in [0.2, 0.25) is 5.15 Å². The molecule has 0 saturated heterocycles. The van der Waals surface area contributed by atoms with Gasteiger partial charge in [-0.3, -0.25) is 14.3 Å². The van der Waals surface area contributed by atoms with Crippen LogP contribution in [0.4, 0.5) is 0 Å². The number of carbonyl (C=O) groups excluding carboxylic acids is 1. The second-order valence-corrected chi connectivity index (χ2v) is 6.86. The van der Waals surface area contributed by atoms with Gasteiger partial charge in [-0.2, -0.15) is 5.10 Å². The third-order valence-corrected chi connectivity index (χ3v) is 5.07. The molecule has 0 aliphatic heterocycles. The van der Waals surface area contributed by atoms with Crippen molar-refractivity contribution in [3.05, 3.63) is 50.1 Å².